The Labute approximate surface area is 115 Å². The lowest BCUT2D eigenvalue weighted by molar-refractivity contribution is 0.835. The van der Waals surface area contributed by atoms with Crippen LogP contribution in [0.15, 0.2) is 53.9 Å². The summed E-state index contributed by atoms with van der Waals surface area (Å²) in [4.78, 5) is 4.08. The van der Waals surface area contributed by atoms with Crippen molar-refractivity contribution in [1.82, 2.24) is 15.2 Å². The van der Waals surface area contributed by atoms with E-state index in [1.165, 1.54) is 22.7 Å². The second-order valence-electron chi connectivity index (χ2n) is 4.28. The SMILES string of the molecule is NC(CSc1ncn[nH]1)c1cccc2ccccc12. The summed E-state index contributed by atoms with van der Waals surface area (Å²) in [7, 11) is 0. The fourth-order valence-corrected chi connectivity index (χ4v) is 2.85. The third kappa shape index (κ3) is 2.62. The highest BCUT2D eigenvalue weighted by atomic mass is 32.2. The van der Waals surface area contributed by atoms with Crippen LogP contribution in [0, 0.1) is 0 Å². The number of nitrogens with zero attached hydrogens (tertiary/aromatic N) is 2. The molecule has 1 aromatic heterocycles. The van der Waals surface area contributed by atoms with E-state index in [9.17, 15) is 0 Å². The highest BCUT2D eigenvalue weighted by Crippen LogP contribution is 2.26. The van der Waals surface area contributed by atoms with Gasteiger partial charge in [-0.15, -0.1) is 0 Å². The maximum absolute atomic E-state index is 6.29. The Hall–Kier alpha value is -1.85. The molecule has 0 fully saturated rings. The van der Waals surface area contributed by atoms with E-state index in [0.717, 1.165) is 10.9 Å². The smallest absolute Gasteiger partial charge is 0.183 e. The van der Waals surface area contributed by atoms with Crippen LogP contribution >= 0.6 is 11.8 Å². The molecule has 2 aromatic carbocycles. The van der Waals surface area contributed by atoms with Crippen LogP contribution in [0.4, 0.5) is 0 Å². The van der Waals surface area contributed by atoms with Crippen LogP contribution in [-0.2, 0) is 0 Å². The molecule has 0 aliphatic rings. The summed E-state index contributed by atoms with van der Waals surface area (Å²) in [6.07, 6.45) is 1.51. The minimum atomic E-state index is -0.0267. The number of nitrogens with one attached hydrogen (secondary N) is 1. The lowest BCUT2D eigenvalue weighted by Crippen LogP contribution is -2.13. The summed E-state index contributed by atoms with van der Waals surface area (Å²) >= 11 is 1.58. The summed E-state index contributed by atoms with van der Waals surface area (Å²) in [5.41, 5.74) is 7.47. The molecule has 1 unspecified atom stereocenters. The number of hydrogen-bond acceptors (Lipinski definition) is 4. The van der Waals surface area contributed by atoms with E-state index in [4.69, 9.17) is 5.73 Å². The van der Waals surface area contributed by atoms with Crippen molar-refractivity contribution in [2.24, 2.45) is 5.73 Å². The van der Waals surface area contributed by atoms with Gasteiger partial charge in [0.05, 0.1) is 0 Å². The average Bonchev–Trinajstić information content (AvgIpc) is 2.97. The zero-order valence-corrected chi connectivity index (χ0v) is 11.1. The van der Waals surface area contributed by atoms with Crippen LogP contribution < -0.4 is 5.73 Å². The number of rotatable bonds is 4. The van der Waals surface area contributed by atoms with Crippen molar-refractivity contribution in [3.8, 4) is 0 Å². The summed E-state index contributed by atoms with van der Waals surface area (Å²) in [5, 5.41) is 9.89. The molecule has 0 spiro atoms. The standard InChI is InChI=1S/C14H14N4S/c15-13(8-19-14-16-9-17-18-14)12-7-3-5-10-4-1-2-6-11(10)12/h1-7,9,13H,8,15H2,(H,16,17,18). The van der Waals surface area contributed by atoms with E-state index >= 15 is 0 Å². The van der Waals surface area contributed by atoms with Crippen molar-refractivity contribution in [1.29, 1.82) is 0 Å². The average molecular weight is 270 g/mol. The molecular formula is C14H14N4S. The number of aromatic amines is 1. The molecule has 0 saturated heterocycles. The first-order valence-corrected chi connectivity index (χ1v) is 7.04. The molecule has 3 aromatic rings. The lowest BCUT2D eigenvalue weighted by Gasteiger charge is -2.13. The molecule has 19 heavy (non-hydrogen) atoms. The topological polar surface area (TPSA) is 67.6 Å². The molecule has 3 N–H and O–H groups in total. The van der Waals surface area contributed by atoms with E-state index in [0.29, 0.717) is 0 Å². The molecule has 0 saturated carbocycles. The van der Waals surface area contributed by atoms with Gasteiger partial charge in [-0.1, -0.05) is 54.2 Å². The molecule has 1 atom stereocenters. The number of hydrogen-bond donors (Lipinski definition) is 2. The predicted molar refractivity (Wildman–Crippen MR) is 78.0 cm³/mol. The van der Waals surface area contributed by atoms with Crippen LogP contribution in [0.2, 0.25) is 0 Å². The van der Waals surface area contributed by atoms with Crippen molar-refractivity contribution in [2.75, 3.05) is 5.75 Å². The second kappa shape index (κ2) is 5.42. The Kier molecular flexibility index (Phi) is 3.48. The maximum Gasteiger partial charge on any atom is 0.183 e. The quantitative estimate of drug-likeness (QED) is 0.715. The highest BCUT2D eigenvalue weighted by molar-refractivity contribution is 7.99. The minimum Gasteiger partial charge on any atom is -0.323 e. The van der Waals surface area contributed by atoms with Gasteiger partial charge in [0.2, 0.25) is 0 Å². The molecule has 0 radical (unpaired) electrons. The van der Waals surface area contributed by atoms with Gasteiger partial charge in [-0.2, -0.15) is 5.10 Å². The minimum absolute atomic E-state index is 0.0267. The maximum atomic E-state index is 6.29. The van der Waals surface area contributed by atoms with Crippen LogP contribution in [0.1, 0.15) is 11.6 Å². The van der Waals surface area contributed by atoms with Crippen LogP contribution in [0.25, 0.3) is 10.8 Å². The highest BCUT2D eigenvalue weighted by Gasteiger charge is 2.10. The monoisotopic (exact) mass is 270 g/mol. The first-order valence-electron chi connectivity index (χ1n) is 6.06. The van der Waals surface area contributed by atoms with E-state index in [-0.39, 0.29) is 6.04 Å². The zero-order valence-electron chi connectivity index (χ0n) is 10.3. The Balaban J connectivity index is 1.83. The summed E-state index contributed by atoms with van der Waals surface area (Å²) in [5.74, 6) is 0.767. The Morgan fingerprint density at radius 1 is 1.16 bits per heavy atom. The van der Waals surface area contributed by atoms with Crippen molar-refractivity contribution in [3.63, 3.8) is 0 Å². The molecule has 0 amide bonds. The number of thioether (sulfide) groups is 1. The van der Waals surface area contributed by atoms with Crippen molar-refractivity contribution in [2.45, 2.75) is 11.2 Å². The second-order valence-corrected chi connectivity index (χ2v) is 5.29. The van der Waals surface area contributed by atoms with Gasteiger partial charge in [0.25, 0.3) is 0 Å². The molecule has 0 aliphatic heterocycles. The Morgan fingerprint density at radius 3 is 2.84 bits per heavy atom. The summed E-state index contributed by atoms with van der Waals surface area (Å²) in [6.45, 7) is 0. The molecule has 5 heteroatoms. The van der Waals surface area contributed by atoms with Crippen LogP contribution in [-0.4, -0.2) is 20.9 Å². The fourth-order valence-electron chi connectivity index (χ4n) is 2.10. The number of nitrogens with two attached hydrogens (primary N) is 1. The third-order valence-corrected chi connectivity index (χ3v) is 4.01. The third-order valence-electron chi connectivity index (χ3n) is 3.02. The van der Waals surface area contributed by atoms with Crippen molar-refractivity contribution in [3.05, 3.63) is 54.4 Å². The molecule has 96 valence electrons. The van der Waals surface area contributed by atoms with Gasteiger partial charge >= 0.3 is 0 Å². The first-order chi connectivity index (χ1) is 9.34. The van der Waals surface area contributed by atoms with Gasteiger partial charge in [-0.05, 0) is 16.3 Å². The number of H-pyrrole nitrogens is 1. The normalized spacial score (nSPS) is 12.7. The molecule has 3 rings (SSSR count). The van der Waals surface area contributed by atoms with E-state index in [1.54, 1.807) is 11.8 Å². The first kappa shape index (κ1) is 12.2. The van der Waals surface area contributed by atoms with E-state index in [2.05, 4.69) is 45.5 Å². The van der Waals surface area contributed by atoms with Gasteiger partial charge in [0.15, 0.2) is 5.16 Å². The zero-order chi connectivity index (χ0) is 13.1. The van der Waals surface area contributed by atoms with Crippen LogP contribution in [0.3, 0.4) is 0 Å². The van der Waals surface area contributed by atoms with Gasteiger partial charge < -0.3 is 5.73 Å². The van der Waals surface area contributed by atoms with Crippen molar-refractivity contribution < 1.29 is 0 Å². The van der Waals surface area contributed by atoms with Gasteiger partial charge in [-0.3, -0.25) is 5.10 Å². The molecule has 4 nitrogen and oxygen atoms in total. The van der Waals surface area contributed by atoms with E-state index in [1.807, 2.05) is 12.1 Å². The van der Waals surface area contributed by atoms with E-state index < -0.39 is 0 Å². The number of benzene rings is 2. The van der Waals surface area contributed by atoms with Crippen LogP contribution in [0.5, 0.6) is 0 Å². The fraction of sp³-hybridized carbons (Fsp3) is 0.143. The predicted octanol–water partition coefficient (Wildman–Crippen LogP) is 2.75. The molecule has 0 bridgehead atoms. The molecular weight excluding hydrogens is 256 g/mol. The largest absolute Gasteiger partial charge is 0.323 e. The van der Waals surface area contributed by atoms with Gasteiger partial charge in [0, 0.05) is 11.8 Å². The Morgan fingerprint density at radius 2 is 2.00 bits per heavy atom. The van der Waals surface area contributed by atoms with Gasteiger partial charge in [0.1, 0.15) is 6.33 Å². The van der Waals surface area contributed by atoms with Gasteiger partial charge in [-0.25, -0.2) is 4.98 Å². The summed E-state index contributed by atoms with van der Waals surface area (Å²) in [6, 6.07) is 14.5. The molecule has 1 heterocycles. The number of fused-ring (bicyclic) bond motifs is 1. The van der Waals surface area contributed by atoms with Crippen molar-refractivity contribution >= 4 is 22.5 Å². The Bertz CT molecular complexity index is 661. The summed E-state index contributed by atoms with van der Waals surface area (Å²) < 4.78 is 0. The number of aromatic nitrogens is 3. The molecule has 0 aliphatic carbocycles. The lowest BCUT2D eigenvalue weighted by atomic mass is 10.0.